The van der Waals surface area contributed by atoms with Crippen molar-refractivity contribution in [3.05, 3.63) is 50.1 Å². The molecule has 0 saturated carbocycles. The standard InChI is InChI=1S/C15H16BrClOS/c1-3-7-18-12-6-4-5-11(8-12)15(17)13-9-14(16)19-10(13)2/h4-6,8-9,15H,3,7H2,1-2H3. The van der Waals surface area contributed by atoms with Crippen molar-refractivity contribution in [1.82, 2.24) is 0 Å². The molecular formula is C15H16BrClOS. The van der Waals surface area contributed by atoms with E-state index in [4.69, 9.17) is 16.3 Å². The van der Waals surface area contributed by atoms with Crippen molar-refractivity contribution < 1.29 is 4.74 Å². The second-order valence-electron chi connectivity index (χ2n) is 4.35. The molecule has 0 spiro atoms. The summed E-state index contributed by atoms with van der Waals surface area (Å²) in [6, 6.07) is 10.1. The lowest BCUT2D eigenvalue weighted by Crippen LogP contribution is -1.97. The molecule has 0 fully saturated rings. The van der Waals surface area contributed by atoms with E-state index in [0.717, 1.165) is 33.7 Å². The van der Waals surface area contributed by atoms with E-state index >= 15 is 0 Å². The van der Waals surface area contributed by atoms with Crippen molar-refractivity contribution in [2.45, 2.75) is 25.6 Å². The Bertz CT molecular complexity index is 553. The Balaban J connectivity index is 2.23. The first-order valence-electron chi connectivity index (χ1n) is 6.24. The molecule has 0 bridgehead atoms. The van der Waals surface area contributed by atoms with E-state index in [2.05, 4.69) is 35.8 Å². The molecule has 4 heteroatoms. The molecule has 0 saturated heterocycles. The summed E-state index contributed by atoms with van der Waals surface area (Å²) in [6.07, 6.45) is 1.01. The van der Waals surface area contributed by atoms with Gasteiger partial charge in [-0.1, -0.05) is 19.1 Å². The van der Waals surface area contributed by atoms with Gasteiger partial charge >= 0.3 is 0 Å². The Kier molecular flexibility index (Phi) is 5.31. The number of alkyl halides is 1. The fraction of sp³-hybridized carbons (Fsp3) is 0.333. The molecule has 1 aromatic heterocycles. The minimum atomic E-state index is -0.132. The molecule has 1 nitrogen and oxygen atoms in total. The molecular weight excluding hydrogens is 344 g/mol. The van der Waals surface area contributed by atoms with Crippen LogP contribution in [0.3, 0.4) is 0 Å². The average molecular weight is 360 g/mol. The molecule has 102 valence electrons. The smallest absolute Gasteiger partial charge is 0.119 e. The van der Waals surface area contributed by atoms with E-state index < -0.39 is 0 Å². The average Bonchev–Trinajstić information content (AvgIpc) is 2.75. The summed E-state index contributed by atoms with van der Waals surface area (Å²) in [5.74, 6) is 0.886. The first-order valence-corrected chi connectivity index (χ1v) is 8.29. The number of thiophene rings is 1. The SMILES string of the molecule is CCCOc1cccc(C(Cl)c2cc(Br)sc2C)c1. The molecule has 0 N–H and O–H groups in total. The second-order valence-corrected chi connectivity index (χ2v) is 7.42. The third-order valence-electron chi connectivity index (χ3n) is 2.82. The Morgan fingerprint density at radius 3 is 2.79 bits per heavy atom. The van der Waals surface area contributed by atoms with Gasteiger partial charge in [-0.2, -0.15) is 0 Å². The van der Waals surface area contributed by atoms with Crippen LogP contribution in [-0.2, 0) is 0 Å². The maximum absolute atomic E-state index is 6.59. The van der Waals surface area contributed by atoms with E-state index in [-0.39, 0.29) is 5.38 Å². The Hall–Kier alpha value is -0.510. The number of hydrogen-bond acceptors (Lipinski definition) is 2. The monoisotopic (exact) mass is 358 g/mol. The zero-order valence-electron chi connectivity index (χ0n) is 11.0. The van der Waals surface area contributed by atoms with Crippen molar-refractivity contribution in [2.24, 2.45) is 0 Å². The number of aryl methyl sites for hydroxylation is 1. The largest absolute Gasteiger partial charge is 0.494 e. The number of ether oxygens (including phenoxy) is 1. The molecule has 1 heterocycles. The summed E-state index contributed by atoms with van der Waals surface area (Å²) >= 11 is 11.8. The van der Waals surface area contributed by atoms with Crippen LogP contribution >= 0.6 is 38.9 Å². The van der Waals surface area contributed by atoms with Crippen LogP contribution in [0.4, 0.5) is 0 Å². The minimum Gasteiger partial charge on any atom is -0.494 e. The summed E-state index contributed by atoms with van der Waals surface area (Å²) in [7, 11) is 0. The number of hydrogen-bond donors (Lipinski definition) is 0. The predicted molar refractivity (Wildman–Crippen MR) is 86.7 cm³/mol. The number of benzene rings is 1. The molecule has 1 unspecified atom stereocenters. The zero-order chi connectivity index (χ0) is 13.8. The van der Waals surface area contributed by atoms with Crippen LogP contribution in [0.25, 0.3) is 0 Å². The van der Waals surface area contributed by atoms with Crippen LogP contribution in [0.5, 0.6) is 5.75 Å². The molecule has 2 rings (SSSR count). The maximum atomic E-state index is 6.59. The molecule has 0 aliphatic rings. The van der Waals surface area contributed by atoms with Crippen LogP contribution in [0.1, 0.15) is 34.7 Å². The van der Waals surface area contributed by atoms with E-state index in [9.17, 15) is 0 Å². The lowest BCUT2D eigenvalue weighted by molar-refractivity contribution is 0.317. The van der Waals surface area contributed by atoms with Gasteiger partial charge in [0.2, 0.25) is 0 Å². The van der Waals surface area contributed by atoms with Gasteiger partial charge in [-0.15, -0.1) is 22.9 Å². The van der Waals surface area contributed by atoms with E-state index in [1.807, 2.05) is 24.3 Å². The highest BCUT2D eigenvalue weighted by Crippen LogP contribution is 2.38. The summed E-state index contributed by atoms with van der Waals surface area (Å²) < 4.78 is 6.77. The van der Waals surface area contributed by atoms with Gasteiger partial charge < -0.3 is 4.74 Å². The molecule has 0 aliphatic carbocycles. The van der Waals surface area contributed by atoms with E-state index in [1.54, 1.807) is 11.3 Å². The van der Waals surface area contributed by atoms with Crippen LogP contribution in [0.15, 0.2) is 34.1 Å². The van der Waals surface area contributed by atoms with E-state index in [1.165, 1.54) is 4.88 Å². The second kappa shape index (κ2) is 6.78. The fourth-order valence-electron chi connectivity index (χ4n) is 1.87. The highest BCUT2D eigenvalue weighted by molar-refractivity contribution is 9.11. The quantitative estimate of drug-likeness (QED) is 0.601. The predicted octanol–water partition coefficient (Wildman–Crippen LogP) is 5.94. The lowest BCUT2D eigenvalue weighted by atomic mass is 10.1. The van der Waals surface area contributed by atoms with Crippen molar-refractivity contribution >= 4 is 38.9 Å². The third kappa shape index (κ3) is 3.74. The van der Waals surface area contributed by atoms with Gasteiger partial charge in [0.25, 0.3) is 0 Å². The maximum Gasteiger partial charge on any atom is 0.119 e. The van der Waals surface area contributed by atoms with Gasteiger partial charge in [0.05, 0.1) is 15.8 Å². The Morgan fingerprint density at radius 1 is 1.37 bits per heavy atom. The Morgan fingerprint density at radius 2 is 2.16 bits per heavy atom. The molecule has 19 heavy (non-hydrogen) atoms. The first-order chi connectivity index (χ1) is 9.11. The molecule has 0 aliphatic heterocycles. The molecule has 0 amide bonds. The first kappa shape index (κ1) is 14.9. The lowest BCUT2D eigenvalue weighted by Gasteiger charge is -2.12. The van der Waals surface area contributed by atoms with Gasteiger partial charge in [-0.05, 0) is 58.6 Å². The molecule has 1 atom stereocenters. The van der Waals surface area contributed by atoms with Gasteiger partial charge in [0.1, 0.15) is 5.75 Å². The van der Waals surface area contributed by atoms with E-state index in [0.29, 0.717) is 0 Å². The van der Waals surface area contributed by atoms with Crippen molar-refractivity contribution in [3.8, 4) is 5.75 Å². The summed E-state index contributed by atoms with van der Waals surface area (Å²) in [5.41, 5.74) is 2.23. The van der Waals surface area contributed by atoms with Gasteiger partial charge in [0, 0.05) is 4.88 Å². The van der Waals surface area contributed by atoms with Crippen LogP contribution in [0, 0.1) is 6.92 Å². The summed E-state index contributed by atoms with van der Waals surface area (Å²) in [6.45, 7) is 4.93. The topological polar surface area (TPSA) is 9.23 Å². The van der Waals surface area contributed by atoms with Crippen LogP contribution in [0.2, 0.25) is 0 Å². The normalized spacial score (nSPS) is 12.4. The highest BCUT2D eigenvalue weighted by atomic mass is 79.9. The van der Waals surface area contributed by atoms with Crippen molar-refractivity contribution in [3.63, 3.8) is 0 Å². The summed E-state index contributed by atoms with van der Waals surface area (Å²) in [5, 5.41) is -0.132. The van der Waals surface area contributed by atoms with Crippen molar-refractivity contribution in [1.29, 1.82) is 0 Å². The Labute approximate surface area is 131 Å². The van der Waals surface area contributed by atoms with Crippen LogP contribution < -0.4 is 4.74 Å². The van der Waals surface area contributed by atoms with Gasteiger partial charge in [0.15, 0.2) is 0 Å². The highest BCUT2D eigenvalue weighted by Gasteiger charge is 2.16. The number of rotatable bonds is 5. The molecule has 1 aromatic carbocycles. The zero-order valence-corrected chi connectivity index (χ0v) is 14.1. The van der Waals surface area contributed by atoms with Crippen LogP contribution in [-0.4, -0.2) is 6.61 Å². The van der Waals surface area contributed by atoms with Gasteiger partial charge in [-0.25, -0.2) is 0 Å². The third-order valence-corrected chi connectivity index (χ3v) is 4.88. The number of halogens is 2. The minimum absolute atomic E-state index is 0.132. The van der Waals surface area contributed by atoms with Crippen molar-refractivity contribution in [2.75, 3.05) is 6.61 Å². The molecule has 0 radical (unpaired) electrons. The summed E-state index contributed by atoms with van der Waals surface area (Å²) in [4.78, 5) is 1.24. The van der Waals surface area contributed by atoms with Gasteiger partial charge in [-0.3, -0.25) is 0 Å². The fourth-order valence-corrected chi connectivity index (χ4v) is 4.05. The molecule has 2 aromatic rings.